The van der Waals surface area contributed by atoms with Crippen molar-refractivity contribution in [2.75, 3.05) is 11.9 Å². The topological polar surface area (TPSA) is 98.2 Å². The zero-order valence-electron chi connectivity index (χ0n) is 12.8. The molecule has 0 aliphatic rings. The highest BCUT2D eigenvalue weighted by molar-refractivity contribution is 5.94. The Morgan fingerprint density at radius 2 is 1.76 bits per heavy atom. The second kappa shape index (κ2) is 8.42. The Kier molecular flexibility index (Phi) is 6.88. The van der Waals surface area contributed by atoms with Gasteiger partial charge in [0.15, 0.2) is 0 Å². The SMILES string of the molecule is CC(C)C(CCN)CCC(=O)Nc1ccc(C(N)=O)cc1. The summed E-state index contributed by atoms with van der Waals surface area (Å²) in [5.74, 6) is 0.494. The molecule has 1 aromatic carbocycles. The fourth-order valence-corrected chi connectivity index (χ4v) is 2.28. The predicted molar refractivity (Wildman–Crippen MR) is 84.8 cm³/mol. The molecule has 116 valence electrons. The Morgan fingerprint density at radius 3 is 2.24 bits per heavy atom. The van der Waals surface area contributed by atoms with Crippen LogP contribution in [0.3, 0.4) is 0 Å². The molecule has 1 atom stereocenters. The van der Waals surface area contributed by atoms with Crippen molar-refractivity contribution in [3.8, 4) is 0 Å². The number of benzene rings is 1. The third kappa shape index (κ3) is 5.95. The third-order valence-electron chi connectivity index (χ3n) is 3.68. The molecule has 1 rings (SSSR count). The molecule has 2 amide bonds. The van der Waals surface area contributed by atoms with Gasteiger partial charge >= 0.3 is 0 Å². The first-order valence-electron chi connectivity index (χ1n) is 7.33. The molecule has 5 N–H and O–H groups in total. The molecule has 0 saturated heterocycles. The van der Waals surface area contributed by atoms with Crippen LogP contribution in [-0.4, -0.2) is 18.4 Å². The van der Waals surface area contributed by atoms with E-state index in [0.717, 1.165) is 12.8 Å². The summed E-state index contributed by atoms with van der Waals surface area (Å²) < 4.78 is 0. The Morgan fingerprint density at radius 1 is 1.14 bits per heavy atom. The van der Waals surface area contributed by atoms with Crippen molar-refractivity contribution in [3.63, 3.8) is 0 Å². The average molecular weight is 291 g/mol. The largest absolute Gasteiger partial charge is 0.366 e. The lowest BCUT2D eigenvalue weighted by molar-refractivity contribution is -0.116. The monoisotopic (exact) mass is 291 g/mol. The van der Waals surface area contributed by atoms with Crippen LogP contribution in [0.25, 0.3) is 0 Å². The molecular formula is C16H25N3O2. The van der Waals surface area contributed by atoms with Gasteiger partial charge in [-0.2, -0.15) is 0 Å². The van der Waals surface area contributed by atoms with Gasteiger partial charge in [-0.15, -0.1) is 0 Å². The maximum atomic E-state index is 11.9. The van der Waals surface area contributed by atoms with Gasteiger partial charge in [0.2, 0.25) is 11.8 Å². The van der Waals surface area contributed by atoms with Crippen LogP contribution in [0.4, 0.5) is 5.69 Å². The summed E-state index contributed by atoms with van der Waals surface area (Å²) in [7, 11) is 0. The van der Waals surface area contributed by atoms with Crippen LogP contribution in [0.1, 0.15) is 43.5 Å². The lowest BCUT2D eigenvalue weighted by Crippen LogP contribution is -2.18. The van der Waals surface area contributed by atoms with Crippen LogP contribution in [0.15, 0.2) is 24.3 Å². The maximum Gasteiger partial charge on any atom is 0.248 e. The molecule has 5 nitrogen and oxygen atoms in total. The van der Waals surface area contributed by atoms with E-state index in [1.807, 2.05) is 0 Å². The number of amides is 2. The summed E-state index contributed by atoms with van der Waals surface area (Å²) in [5.41, 5.74) is 11.9. The highest BCUT2D eigenvalue weighted by atomic mass is 16.1. The lowest BCUT2D eigenvalue weighted by Gasteiger charge is -2.19. The first-order chi connectivity index (χ1) is 9.93. The summed E-state index contributed by atoms with van der Waals surface area (Å²) in [5, 5.41) is 2.82. The highest BCUT2D eigenvalue weighted by Gasteiger charge is 2.14. The molecule has 0 aromatic heterocycles. The van der Waals surface area contributed by atoms with E-state index in [4.69, 9.17) is 11.5 Å². The number of primary amides is 1. The second-order valence-electron chi connectivity index (χ2n) is 5.61. The van der Waals surface area contributed by atoms with E-state index >= 15 is 0 Å². The molecule has 0 heterocycles. The smallest absolute Gasteiger partial charge is 0.248 e. The number of rotatable bonds is 8. The zero-order chi connectivity index (χ0) is 15.8. The molecule has 0 radical (unpaired) electrons. The van der Waals surface area contributed by atoms with Crippen LogP contribution < -0.4 is 16.8 Å². The number of hydrogen-bond acceptors (Lipinski definition) is 3. The number of carbonyl (C=O) groups excluding carboxylic acids is 2. The van der Waals surface area contributed by atoms with Crippen LogP contribution in [0, 0.1) is 11.8 Å². The van der Waals surface area contributed by atoms with Crippen molar-refractivity contribution in [2.45, 2.75) is 33.1 Å². The summed E-state index contributed by atoms with van der Waals surface area (Å²) >= 11 is 0. The number of nitrogens with two attached hydrogens (primary N) is 2. The normalized spacial score (nSPS) is 12.2. The summed E-state index contributed by atoms with van der Waals surface area (Å²) in [6.45, 7) is 4.96. The number of nitrogens with one attached hydrogen (secondary N) is 1. The van der Waals surface area contributed by atoms with Gasteiger partial charge in [0, 0.05) is 17.7 Å². The molecule has 1 unspecified atom stereocenters. The predicted octanol–water partition coefficient (Wildman–Crippen LogP) is 2.13. The van der Waals surface area contributed by atoms with E-state index in [-0.39, 0.29) is 5.91 Å². The van der Waals surface area contributed by atoms with Gasteiger partial charge in [0.05, 0.1) is 0 Å². The van der Waals surface area contributed by atoms with Gasteiger partial charge in [-0.25, -0.2) is 0 Å². The van der Waals surface area contributed by atoms with Crippen molar-refractivity contribution >= 4 is 17.5 Å². The van der Waals surface area contributed by atoms with Crippen LogP contribution in [0.5, 0.6) is 0 Å². The van der Waals surface area contributed by atoms with E-state index in [9.17, 15) is 9.59 Å². The molecule has 0 aliphatic carbocycles. The van der Waals surface area contributed by atoms with E-state index in [1.54, 1.807) is 24.3 Å². The summed E-state index contributed by atoms with van der Waals surface area (Å²) in [6.07, 6.45) is 2.25. The minimum atomic E-state index is -0.477. The van der Waals surface area contributed by atoms with Crippen LogP contribution >= 0.6 is 0 Å². The maximum absolute atomic E-state index is 11.9. The average Bonchev–Trinajstić information content (AvgIpc) is 2.43. The molecular weight excluding hydrogens is 266 g/mol. The molecule has 0 spiro atoms. The van der Waals surface area contributed by atoms with Crippen molar-refractivity contribution in [2.24, 2.45) is 23.3 Å². The zero-order valence-corrected chi connectivity index (χ0v) is 12.8. The fraction of sp³-hybridized carbons (Fsp3) is 0.500. The molecule has 5 heteroatoms. The molecule has 0 saturated carbocycles. The van der Waals surface area contributed by atoms with Crippen molar-refractivity contribution in [1.82, 2.24) is 0 Å². The van der Waals surface area contributed by atoms with E-state index in [1.165, 1.54) is 0 Å². The minimum absolute atomic E-state index is 0.0236. The van der Waals surface area contributed by atoms with Crippen LogP contribution in [0.2, 0.25) is 0 Å². The van der Waals surface area contributed by atoms with Gasteiger partial charge < -0.3 is 16.8 Å². The molecule has 21 heavy (non-hydrogen) atoms. The number of carbonyl (C=O) groups is 2. The molecule has 0 bridgehead atoms. The Labute approximate surface area is 126 Å². The van der Waals surface area contributed by atoms with Gasteiger partial charge in [-0.1, -0.05) is 13.8 Å². The Balaban J connectivity index is 2.47. The standard InChI is InChI=1S/C16H25N3O2/c1-11(2)12(9-10-17)5-8-15(20)19-14-6-3-13(4-7-14)16(18)21/h3-4,6-7,11-12H,5,8-10,17H2,1-2H3,(H2,18,21)(H,19,20). The first kappa shape index (κ1) is 17.2. The van der Waals surface area contributed by atoms with Crippen molar-refractivity contribution in [1.29, 1.82) is 0 Å². The van der Waals surface area contributed by atoms with Gasteiger partial charge in [-0.3, -0.25) is 9.59 Å². The number of hydrogen-bond donors (Lipinski definition) is 3. The second-order valence-corrected chi connectivity index (χ2v) is 5.61. The van der Waals surface area contributed by atoms with E-state index in [2.05, 4.69) is 19.2 Å². The van der Waals surface area contributed by atoms with E-state index in [0.29, 0.717) is 36.1 Å². The quantitative estimate of drug-likeness (QED) is 0.684. The third-order valence-corrected chi connectivity index (χ3v) is 3.68. The van der Waals surface area contributed by atoms with Crippen molar-refractivity contribution < 1.29 is 9.59 Å². The molecule has 0 fully saturated rings. The van der Waals surface area contributed by atoms with E-state index < -0.39 is 5.91 Å². The number of anilines is 1. The lowest BCUT2D eigenvalue weighted by atomic mass is 9.88. The van der Waals surface area contributed by atoms with Gasteiger partial charge in [-0.05, 0) is 55.5 Å². The van der Waals surface area contributed by atoms with Crippen LogP contribution in [-0.2, 0) is 4.79 Å². The molecule has 1 aromatic rings. The summed E-state index contributed by atoms with van der Waals surface area (Å²) in [6, 6.07) is 6.56. The van der Waals surface area contributed by atoms with Crippen molar-refractivity contribution in [3.05, 3.63) is 29.8 Å². The van der Waals surface area contributed by atoms with Gasteiger partial charge in [0.25, 0.3) is 0 Å². The minimum Gasteiger partial charge on any atom is -0.366 e. The fourth-order valence-electron chi connectivity index (χ4n) is 2.28. The Bertz CT molecular complexity index is 469. The summed E-state index contributed by atoms with van der Waals surface area (Å²) in [4.78, 5) is 22.9. The van der Waals surface area contributed by atoms with Gasteiger partial charge in [0.1, 0.15) is 0 Å². The Hall–Kier alpha value is -1.88. The molecule has 0 aliphatic heterocycles. The first-order valence-corrected chi connectivity index (χ1v) is 7.33. The highest BCUT2D eigenvalue weighted by Crippen LogP contribution is 2.20.